The normalized spacial score (nSPS) is 22.6. The number of likely N-dealkylation sites (N-methyl/N-ethyl adjacent to an activating group) is 2. The van der Waals surface area contributed by atoms with Gasteiger partial charge >= 0.3 is 5.97 Å². The number of phenolic OH excluding ortho intramolecular Hbond substituents is 1. The number of methoxy groups -OCH3 is 1. The van der Waals surface area contributed by atoms with Gasteiger partial charge in [0.05, 0.1) is 49.9 Å². The van der Waals surface area contributed by atoms with Crippen LogP contribution >= 0.6 is 0 Å². The van der Waals surface area contributed by atoms with Crippen molar-refractivity contribution in [1.29, 1.82) is 0 Å². The first-order chi connectivity index (χ1) is 32.9. The Balaban J connectivity index is 1.15. The molecule has 8 rings (SSSR count). The summed E-state index contributed by atoms with van der Waals surface area (Å²) in [5, 5.41) is 16.7. The number of fused-ring (bicyclic) bond motifs is 6. The number of nitrogens with zero attached hydrogens (tertiary/aromatic N) is 6. The zero-order valence-electron chi connectivity index (χ0n) is 41.4. The predicted octanol–water partition coefficient (Wildman–Crippen LogP) is 4.48. The third-order valence-corrected chi connectivity index (χ3v) is 14.2. The summed E-state index contributed by atoms with van der Waals surface area (Å²) in [6.07, 6.45) is 2.93. The van der Waals surface area contributed by atoms with E-state index in [-0.39, 0.29) is 61.9 Å². The second kappa shape index (κ2) is 20.2. The van der Waals surface area contributed by atoms with Crippen LogP contribution < -0.4 is 10.7 Å². The van der Waals surface area contributed by atoms with Crippen LogP contribution in [0.5, 0.6) is 5.75 Å². The number of phenols is 1. The van der Waals surface area contributed by atoms with E-state index in [0.717, 1.165) is 39.0 Å². The number of aromatic hydroxyl groups is 1. The molecule has 17 heteroatoms. The van der Waals surface area contributed by atoms with Gasteiger partial charge in [-0.3, -0.25) is 38.9 Å². The van der Waals surface area contributed by atoms with E-state index in [1.807, 2.05) is 39.0 Å². The Morgan fingerprint density at radius 3 is 2.52 bits per heavy atom. The van der Waals surface area contributed by atoms with Crippen molar-refractivity contribution < 1.29 is 43.3 Å². The number of amides is 4. The van der Waals surface area contributed by atoms with Crippen LogP contribution in [0, 0.1) is 11.3 Å². The lowest BCUT2D eigenvalue weighted by molar-refractivity contribution is -0.155. The molecule has 6 heterocycles. The number of cyclic esters (lactones) is 1. The molecule has 6 bridgehead atoms. The van der Waals surface area contributed by atoms with Crippen molar-refractivity contribution >= 4 is 40.5 Å². The SMILES string of the molecule is CCn1c(-c2cccnc2[C@H](C)OC)c2c3cc(ccc31)-c1cc(O)cc(c1)C[C@H](NC(=O)C(C(C)C)N(C)C(=O)CN(C)C(=O)[C@H]1CN1C1COC1)C(=O)N1CCC[C@H](N1)C(=O)OCC(C)(C)C2. The molecule has 69 heavy (non-hydrogen) atoms. The molecule has 6 atom stereocenters. The number of hydrogen-bond acceptors (Lipinski definition) is 12. The first kappa shape index (κ1) is 49.5. The molecule has 4 amide bonds. The number of aromatic nitrogens is 2. The van der Waals surface area contributed by atoms with Gasteiger partial charge in [-0.05, 0) is 97.7 Å². The van der Waals surface area contributed by atoms with Gasteiger partial charge in [0.1, 0.15) is 29.9 Å². The summed E-state index contributed by atoms with van der Waals surface area (Å²) in [4.78, 5) is 79.9. The zero-order chi connectivity index (χ0) is 49.5. The van der Waals surface area contributed by atoms with E-state index in [2.05, 4.69) is 59.2 Å². The van der Waals surface area contributed by atoms with Gasteiger partial charge < -0.3 is 39.0 Å². The minimum Gasteiger partial charge on any atom is -0.508 e. The number of hydrogen-bond donors (Lipinski definition) is 3. The monoisotopic (exact) mass is 949 g/mol. The first-order valence-electron chi connectivity index (χ1n) is 24.2. The quantitative estimate of drug-likeness (QED) is 0.134. The lowest BCUT2D eigenvalue weighted by atomic mass is 9.84. The van der Waals surface area contributed by atoms with Crippen LogP contribution in [-0.2, 0) is 57.6 Å². The van der Waals surface area contributed by atoms with Gasteiger partial charge in [0, 0.05) is 75.3 Å². The zero-order valence-corrected chi connectivity index (χ0v) is 41.4. The van der Waals surface area contributed by atoms with Crippen molar-refractivity contribution in [3.05, 3.63) is 71.5 Å². The number of aryl methyl sites for hydroxylation is 1. The third-order valence-electron chi connectivity index (χ3n) is 14.2. The molecule has 3 N–H and O–H groups in total. The molecule has 2 unspecified atom stereocenters. The second-order valence-corrected chi connectivity index (χ2v) is 20.3. The van der Waals surface area contributed by atoms with Crippen LogP contribution in [0.1, 0.15) is 77.3 Å². The number of ether oxygens (including phenoxy) is 3. The molecule has 4 aromatic rings. The average molecular weight is 949 g/mol. The number of rotatable bonds is 12. The Morgan fingerprint density at radius 2 is 1.83 bits per heavy atom. The van der Waals surface area contributed by atoms with E-state index in [9.17, 15) is 29.1 Å². The molecule has 17 nitrogen and oxygen atoms in total. The summed E-state index contributed by atoms with van der Waals surface area (Å²) in [6.45, 7) is 14.5. The summed E-state index contributed by atoms with van der Waals surface area (Å²) >= 11 is 0. The largest absolute Gasteiger partial charge is 0.508 e. The fourth-order valence-corrected chi connectivity index (χ4v) is 10.2. The minimum atomic E-state index is -1.18. The summed E-state index contributed by atoms with van der Waals surface area (Å²) in [5.74, 6) is -2.53. The number of hydrazine groups is 1. The van der Waals surface area contributed by atoms with Crippen molar-refractivity contribution in [2.75, 3.05) is 60.7 Å². The van der Waals surface area contributed by atoms with E-state index >= 15 is 0 Å². The fraction of sp³-hybridized carbons (Fsp3) is 0.538. The molecule has 370 valence electrons. The number of carbonyl (C=O) groups is 5. The van der Waals surface area contributed by atoms with Gasteiger partial charge in [0.15, 0.2) is 0 Å². The molecule has 0 spiro atoms. The molecule has 4 aliphatic rings. The van der Waals surface area contributed by atoms with Crippen molar-refractivity contribution in [3.8, 4) is 28.1 Å². The van der Waals surface area contributed by atoms with Crippen LogP contribution in [0.2, 0.25) is 0 Å². The van der Waals surface area contributed by atoms with Gasteiger partial charge in [0.25, 0.3) is 5.91 Å². The van der Waals surface area contributed by atoms with Crippen LogP contribution in [0.15, 0.2) is 54.7 Å². The summed E-state index contributed by atoms with van der Waals surface area (Å²) in [5.41, 5.74) is 9.48. The van der Waals surface area contributed by atoms with E-state index in [1.54, 1.807) is 32.5 Å². The highest BCUT2D eigenvalue weighted by Crippen LogP contribution is 2.42. The van der Waals surface area contributed by atoms with Gasteiger partial charge in [0.2, 0.25) is 17.7 Å². The molecule has 4 aliphatic heterocycles. The number of benzene rings is 2. The summed E-state index contributed by atoms with van der Waals surface area (Å²) in [7, 11) is 4.79. The smallest absolute Gasteiger partial charge is 0.324 e. The van der Waals surface area contributed by atoms with E-state index in [4.69, 9.17) is 19.2 Å². The molecule has 2 aromatic heterocycles. The van der Waals surface area contributed by atoms with Crippen molar-refractivity contribution in [2.24, 2.45) is 11.3 Å². The number of esters is 1. The highest BCUT2D eigenvalue weighted by atomic mass is 16.5. The van der Waals surface area contributed by atoms with Crippen molar-refractivity contribution in [3.63, 3.8) is 0 Å². The molecule has 2 aromatic carbocycles. The third kappa shape index (κ3) is 10.4. The molecule has 3 fully saturated rings. The first-order valence-corrected chi connectivity index (χ1v) is 24.2. The predicted molar refractivity (Wildman–Crippen MR) is 259 cm³/mol. The molecule has 0 aliphatic carbocycles. The maximum Gasteiger partial charge on any atom is 0.324 e. The summed E-state index contributed by atoms with van der Waals surface area (Å²) in [6, 6.07) is 12.3. The summed E-state index contributed by atoms with van der Waals surface area (Å²) < 4.78 is 19.5. The van der Waals surface area contributed by atoms with E-state index < -0.39 is 47.2 Å². The highest BCUT2D eigenvalue weighted by molar-refractivity contribution is 5.96. The average Bonchev–Trinajstić information content (AvgIpc) is 4.02. The topological polar surface area (TPSA) is 188 Å². The fourth-order valence-electron chi connectivity index (χ4n) is 10.2. The van der Waals surface area contributed by atoms with Gasteiger partial charge in [-0.25, -0.2) is 5.43 Å². The highest BCUT2D eigenvalue weighted by Gasteiger charge is 2.48. The van der Waals surface area contributed by atoms with E-state index in [1.165, 1.54) is 21.9 Å². The van der Waals surface area contributed by atoms with Crippen molar-refractivity contribution in [2.45, 2.75) is 110 Å². The molecular weight excluding hydrogens is 881 g/mol. The van der Waals surface area contributed by atoms with Gasteiger partial charge in [-0.15, -0.1) is 0 Å². The number of carbonyl (C=O) groups excluding carboxylic acids is 5. The lowest BCUT2D eigenvalue weighted by Gasteiger charge is -2.37. The Hall–Kier alpha value is -5.88. The second-order valence-electron chi connectivity index (χ2n) is 20.3. The Bertz CT molecular complexity index is 2610. The van der Waals surface area contributed by atoms with Crippen LogP contribution in [0.25, 0.3) is 33.3 Å². The lowest BCUT2D eigenvalue weighted by Crippen LogP contribution is -2.62. The van der Waals surface area contributed by atoms with E-state index in [0.29, 0.717) is 56.7 Å². The van der Waals surface area contributed by atoms with Crippen molar-refractivity contribution in [1.82, 2.24) is 40.0 Å². The standard InChI is InChI=1S/C52H68N8O9/c1-10-58-42-16-15-33-23-38(42)39(47(58)37-13-11-17-53-45(37)31(4)67-9)24-52(5,6)29-69-51(66)40-14-12-18-60(55-40)49(64)41(21-32-19-34(33)22-36(61)20-32)54-48(63)46(30(2)3)57(8)44(62)26-56(7)50(65)43-25-59(43)35-27-68-28-35/h11,13,15-17,19-20,22-23,30-31,35,40-41,43,46,55,61H,10,12,14,18,21,24-29H2,1-9H3,(H,54,63)/t31-,40-,41-,43+,46?,59?/m0/s1. The van der Waals surface area contributed by atoms with Crippen LogP contribution in [0.3, 0.4) is 0 Å². The molecule has 3 saturated heterocycles. The molecule has 0 radical (unpaired) electrons. The molecular formula is C52H68N8O9. The van der Waals surface area contributed by atoms with Crippen LogP contribution in [0.4, 0.5) is 0 Å². The minimum absolute atomic E-state index is 0.0189. The maximum atomic E-state index is 14.8. The Morgan fingerprint density at radius 1 is 1.06 bits per heavy atom. The number of pyridine rings is 1. The van der Waals surface area contributed by atoms with Gasteiger partial charge in [-0.2, -0.15) is 0 Å². The Kier molecular flexibility index (Phi) is 14.5. The van der Waals surface area contributed by atoms with Crippen LogP contribution in [-0.4, -0.2) is 155 Å². The molecule has 0 saturated carbocycles. The number of nitrogens with one attached hydrogen (secondary N) is 2. The van der Waals surface area contributed by atoms with Gasteiger partial charge in [-0.1, -0.05) is 39.8 Å². The Labute approximate surface area is 404 Å². The maximum absolute atomic E-state index is 14.8.